The lowest BCUT2D eigenvalue weighted by molar-refractivity contribution is 0.229. The molecule has 0 saturated heterocycles. The molecule has 7 nitrogen and oxygen atoms in total. The Morgan fingerprint density at radius 1 is 0.764 bits per heavy atom. The van der Waals surface area contributed by atoms with E-state index in [1.54, 1.807) is 59.5 Å². The summed E-state index contributed by atoms with van der Waals surface area (Å²) < 4.78 is 46.3. The number of nitrogens with zero attached hydrogens (tertiary/aromatic N) is 5. The highest BCUT2D eigenvalue weighted by molar-refractivity contribution is 5.68. The van der Waals surface area contributed by atoms with Gasteiger partial charge in [-0.05, 0) is 73.9 Å². The van der Waals surface area contributed by atoms with Crippen molar-refractivity contribution in [1.29, 1.82) is 5.26 Å². The molecule has 274 valence electrons. The van der Waals surface area contributed by atoms with Gasteiger partial charge in [0, 0.05) is 17.8 Å². The summed E-state index contributed by atoms with van der Waals surface area (Å²) in [4.78, 5) is 6.85. The summed E-state index contributed by atoms with van der Waals surface area (Å²) in [6.07, 6.45) is -0.322. The van der Waals surface area contributed by atoms with Gasteiger partial charge in [-0.15, -0.1) is 5.10 Å². The molecule has 0 fully saturated rings. The molecule has 1 heterocycles. The second-order valence-corrected chi connectivity index (χ2v) is 13.2. The summed E-state index contributed by atoms with van der Waals surface area (Å²) >= 11 is 0. The molecule has 0 N–H and O–H groups in total. The van der Waals surface area contributed by atoms with Crippen molar-refractivity contribution in [3.63, 3.8) is 0 Å². The van der Waals surface area contributed by atoms with Crippen molar-refractivity contribution in [2.75, 3.05) is 11.5 Å². The molecular weight excluding hydrogens is 693 g/mol. The van der Waals surface area contributed by atoms with E-state index in [1.165, 1.54) is 6.07 Å². The second kappa shape index (κ2) is 16.1. The number of rotatable bonds is 13. The third-order valence-corrected chi connectivity index (χ3v) is 9.25. The van der Waals surface area contributed by atoms with E-state index >= 15 is 8.78 Å². The molecule has 9 heteroatoms. The Morgan fingerprint density at radius 3 is 1.85 bits per heavy atom. The molecule has 0 amide bonds. The molecule has 0 atom stereocenters. The van der Waals surface area contributed by atoms with Gasteiger partial charge in [0.2, 0.25) is 0 Å². The van der Waals surface area contributed by atoms with Gasteiger partial charge in [0.15, 0.2) is 17.4 Å². The average molecular weight is 732 g/mol. The van der Waals surface area contributed by atoms with Crippen LogP contribution < -0.4 is 14.4 Å². The average Bonchev–Trinajstić information content (AvgIpc) is 3.63. The molecule has 0 aliphatic carbocycles. The van der Waals surface area contributed by atoms with Gasteiger partial charge in [0.1, 0.15) is 22.9 Å². The first-order valence-corrected chi connectivity index (χ1v) is 18.1. The summed E-state index contributed by atoms with van der Waals surface area (Å²) in [6.45, 7) is 5.81. The fourth-order valence-electron chi connectivity index (χ4n) is 6.89. The first-order chi connectivity index (χ1) is 26.8. The van der Waals surface area contributed by atoms with Crippen LogP contribution in [0, 0.1) is 23.0 Å². The van der Waals surface area contributed by atoms with E-state index in [4.69, 9.17) is 19.6 Å². The minimum Gasteiger partial charge on any atom is -0.494 e. The first-order valence-electron chi connectivity index (χ1n) is 18.1. The Balaban J connectivity index is 1.56. The van der Waals surface area contributed by atoms with E-state index in [2.05, 4.69) is 6.07 Å². The van der Waals surface area contributed by atoms with Crippen LogP contribution in [0.4, 0.5) is 20.2 Å². The minimum atomic E-state index is -1.14. The van der Waals surface area contributed by atoms with Gasteiger partial charge in [-0.2, -0.15) is 5.26 Å². The Labute approximate surface area is 319 Å². The molecule has 0 spiro atoms. The lowest BCUT2D eigenvalue weighted by Gasteiger charge is -2.37. The smallest absolute Gasteiger partial charge is 0.188 e. The van der Waals surface area contributed by atoms with Gasteiger partial charge in [0.05, 0.1) is 42.1 Å². The second-order valence-electron chi connectivity index (χ2n) is 13.2. The van der Waals surface area contributed by atoms with E-state index in [1.807, 2.05) is 116 Å². The summed E-state index contributed by atoms with van der Waals surface area (Å²) in [5, 5.41) is 14.8. The van der Waals surface area contributed by atoms with Crippen LogP contribution in [0.5, 0.6) is 11.5 Å². The lowest BCUT2D eigenvalue weighted by Crippen LogP contribution is -2.40. The number of hydrogen-bond acceptors (Lipinski definition) is 6. The number of halogens is 2. The first kappa shape index (κ1) is 36.6. The summed E-state index contributed by atoms with van der Waals surface area (Å²) in [5.41, 5.74) is 2.86. The maximum absolute atomic E-state index is 16.9. The summed E-state index contributed by atoms with van der Waals surface area (Å²) in [6, 6.07) is 48.5. The molecular formula is C46H39F2N5O2. The van der Waals surface area contributed by atoms with E-state index in [0.717, 1.165) is 16.7 Å². The third-order valence-electron chi connectivity index (χ3n) is 9.25. The zero-order valence-corrected chi connectivity index (χ0v) is 30.7. The van der Waals surface area contributed by atoms with E-state index in [-0.39, 0.29) is 35.5 Å². The quantitative estimate of drug-likeness (QED) is 0.110. The van der Waals surface area contributed by atoms with Crippen molar-refractivity contribution in [1.82, 2.24) is 14.8 Å². The number of ether oxygens (including phenoxy) is 2. The molecule has 7 rings (SSSR count). The zero-order valence-electron chi connectivity index (χ0n) is 30.7. The molecule has 1 aromatic heterocycles. The zero-order chi connectivity index (χ0) is 38.4. The molecule has 7 aromatic rings. The van der Waals surface area contributed by atoms with Crippen molar-refractivity contribution in [2.45, 2.75) is 39.0 Å². The largest absolute Gasteiger partial charge is 0.494 e. The number of benzene rings is 6. The lowest BCUT2D eigenvalue weighted by atomic mass is 9.77. The Kier molecular flexibility index (Phi) is 10.7. The summed E-state index contributed by atoms with van der Waals surface area (Å²) in [7, 11) is 0. The number of hydrogen-bond donors (Lipinski definition) is 0. The van der Waals surface area contributed by atoms with Gasteiger partial charge in [-0.3, -0.25) is 0 Å². The fourth-order valence-corrected chi connectivity index (χ4v) is 6.89. The summed E-state index contributed by atoms with van der Waals surface area (Å²) in [5.74, 6) is -0.100. The van der Waals surface area contributed by atoms with Crippen molar-refractivity contribution >= 4 is 11.4 Å². The standard InChI is InChI=1S/C46H39F2N5O2/c1-4-54-38-28-41(44(48)42(29-38)55-32(2)3)52(37-26-24-33(30-49)25-27-37)31-43-50-45(39-22-14-15-23-40(39)47)51-53(43)46(34-16-8-5-9-17-34,35-18-10-6-11-19-35)36-20-12-7-13-21-36/h5-29,32H,4,31H2,1-3H3. The van der Waals surface area contributed by atoms with Crippen molar-refractivity contribution < 1.29 is 18.3 Å². The van der Waals surface area contributed by atoms with E-state index in [9.17, 15) is 5.26 Å². The molecule has 0 aliphatic rings. The SMILES string of the molecule is CCOc1cc(OC(C)C)c(F)c(N(Cc2nc(-c3ccccc3F)nn2C(c2ccccc2)(c2ccccc2)c2ccccc2)c2ccc(C#N)cc2)c1. The van der Waals surface area contributed by atoms with Crippen LogP contribution >= 0.6 is 0 Å². The number of anilines is 2. The Hall–Kier alpha value is -6.79. The monoisotopic (exact) mass is 731 g/mol. The van der Waals surface area contributed by atoms with Crippen LogP contribution in [0.2, 0.25) is 0 Å². The van der Waals surface area contributed by atoms with Crippen molar-refractivity contribution in [2.24, 2.45) is 0 Å². The van der Waals surface area contributed by atoms with Crippen molar-refractivity contribution in [3.8, 4) is 29.0 Å². The predicted octanol–water partition coefficient (Wildman–Crippen LogP) is 10.5. The minimum absolute atomic E-state index is 0.0234. The number of aromatic nitrogens is 3. The molecule has 0 bridgehead atoms. The Morgan fingerprint density at radius 2 is 1.33 bits per heavy atom. The van der Waals surface area contributed by atoms with Crippen LogP contribution in [0.15, 0.2) is 152 Å². The van der Waals surface area contributed by atoms with Crippen LogP contribution in [0.25, 0.3) is 11.4 Å². The van der Waals surface area contributed by atoms with E-state index in [0.29, 0.717) is 29.4 Å². The maximum atomic E-state index is 16.9. The topological polar surface area (TPSA) is 76.2 Å². The van der Waals surface area contributed by atoms with Crippen LogP contribution in [-0.2, 0) is 12.1 Å². The Bertz CT molecular complexity index is 2320. The van der Waals surface area contributed by atoms with Gasteiger partial charge >= 0.3 is 0 Å². The number of nitriles is 1. The van der Waals surface area contributed by atoms with Crippen LogP contribution in [0.1, 0.15) is 48.8 Å². The van der Waals surface area contributed by atoms with Gasteiger partial charge in [-0.25, -0.2) is 18.4 Å². The molecule has 6 aromatic carbocycles. The van der Waals surface area contributed by atoms with Gasteiger partial charge < -0.3 is 14.4 Å². The normalized spacial score (nSPS) is 11.3. The molecule has 55 heavy (non-hydrogen) atoms. The highest BCUT2D eigenvalue weighted by atomic mass is 19.1. The third kappa shape index (κ3) is 7.27. The van der Waals surface area contributed by atoms with Crippen LogP contribution in [0.3, 0.4) is 0 Å². The molecule has 0 radical (unpaired) electrons. The molecule has 0 saturated carbocycles. The highest BCUT2D eigenvalue weighted by Gasteiger charge is 2.42. The van der Waals surface area contributed by atoms with Crippen LogP contribution in [-0.4, -0.2) is 27.5 Å². The van der Waals surface area contributed by atoms with Gasteiger partial charge in [-0.1, -0.05) is 103 Å². The van der Waals surface area contributed by atoms with E-state index < -0.39 is 17.2 Å². The maximum Gasteiger partial charge on any atom is 0.188 e. The van der Waals surface area contributed by atoms with Crippen molar-refractivity contribution in [3.05, 3.63) is 191 Å². The fraction of sp³-hybridized carbons (Fsp3) is 0.152. The molecule has 0 unspecified atom stereocenters. The highest BCUT2D eigenvalue weighted by Crippen LogP contribution is 2.44. The molecule has 0 aliphatic heterocycles. The van der Waals surface area contributed by atoms with Gasteiger partial charge in [0.25, 0.3) is 0 Å². The predicted molar refractivity (Wildman–Crippen MR) is 210 cm³/mol.